The number of alkyl halides is 3. The van der Waals surface area contributed by atoms with Crippen LogP contribution in [0.4, 0.5) is 29.3 Å². The van der Waals surface area contributed by atoms with Crippen LogP contribution < -0.4 is 16.0 Å². The molecule has 1 aromatic heterocycles. The van der Waals surface area contributed by atoms with Crippen molar-refractivity contribution in [3.05, 3.63) is 52.8 Å². The number of amides is 2. The van der Waals surface area contributed by atoms with E-state index in [0.29, 0.717) is 17.4 Å². The maximum Gasteiger partial charge on any atom is 0.418 e. The van der Waals surface area contributed by atoms with Crippen molar-refractivity contribution in [2.45, 2.75) is 38.0 Å². The molecular weight excluding hydrogens is 451 g/mol. The van der Waals surface area contributed by atoms with Crippen molar-refractivity contribution >= 4 is 35.0 Å². The molecule has 0 bridgehead atoms. The average Bonchev–Trinajstić information content (AvgIpc) is 3.52. The number of nitriles is 1. The molecule has 3 rings (SSSR count). The van der Waals surface area contributed by atoms with Gasteiger partial charge in [-0.1, -0.05) is 11.6 Å². The molecule has 0 aliphatic heterocycles. The Hall–Kier alpha value is -3.52. The number of benzene rings is 1. The number of hydrogen-bond donors (Lipinski definition) is 4. The van der Waals surface area contributed by atoms with Gasteiger partial charge in [-0.2, -0.15) is 18.4 Å². The van der Waals surface area contributed by atoms with Crippen molar-refractivity contribution in [3.63, 3.8) is 0 Å². The number of rotatable bonds is 6. The molecule has 1 aromatic carbocycles. The van der Waals surface area contributed by atoms with E-state index in [-0.39, 0.29) is 29.6 Å². The van der Waals surface area contributed by atoms with Gasteiger partial charge in [0, 0.05) is 11.1 Å². The van der Waals surface area contributed by atoms with E-state index >= 15 is 0 Å². The van der Waals surface area contributed by atoms with Gasteiger partial charge in [0.1, 0.15) is 6.42 Å². The fraction of sp³-hybridized carbons (Fsp3) is 0.300. The van der Waals surface area contributed by atoms with Gasteiger partial charge in [-0.05, 0) is 43.2 Å². The molecule has 170 valence electrons. The Bertz CT molecular complexity index is 989. The minimum atomic E-state index is -4.55. The van der Waals surface area contributed by atoms with Crippen molar-refractivity contribution in [1.82, 2.24) is 15.6 Å². The minimum Gasteiger partial charge on any atom is -0.465 e. The van der Waals surface area contributed by atoms with Gasteiger partial charge in [-0.25, -0.2) is 4.79 Å². The number of anilines is 2. The Morgan fingerprint density at radius 2 is 1.97 bits per heavy atom. The first-order valence-corrected chi connectivity index (χ1v) is 9.68. The van der Waals surface area contributed by atoms with Crippen LogP contribution in [0.3, 0.4) is 0 Å². The van der Waals surface area contributed by atoms with Crippen molar-refractivity contribution in [1.29, 1.82) is 5.26 Å². The molecule has 1 fully saturated rings. The zero-order chi connectivity index (χ0) is 23.7. The number of nitrogens with one attached hydrogen (secondary N) is 3. The van der Waals surface area contributed by atoms with Gasteiger partial charge < -0.3 is 21.1 Å². The van der Waals surface area contributed by atoms with E-state index in [4.69, 9.17) is 22.0 Å². The van der Waals surface area contributed by atoms with Crippen LogP contribution in [-0.4, -0.2) is 28.1 Å². The predicted molar refractivity (Wildman–Crippen MR) is 110 cm³/mol. The van der Waals surface area contributed by atoms with Crippen molar-refractivity contribution in [2.75, 3.05) is 5.32 Å². The van der Waals surface area contributed by atoms with E-state index in [9.17, 15) is 22.8 Å². The molecule has 2 amide bonds. The van der Waals surface area contributed by atoms with Crippen LogP contribution in [0.2, 0.25) is 5.02 Å². The number of nitrogens with zero attached hydrogens (tertiary/aromatic N) is 2. The quantitative estimate of drug-likeness (QED) is 0.495. The lowest BCUT2D eigenvalue weighted by Crippen LogP contribution is -2.24. The molecule has 0 saturated heterocycles. The van der Waals surface area contributed by atoms with Gasteiger partial charge in [-0.15, -0.1) is 0 Å². The lowest BCUT2D eigenvalue weighted by atomic mass is 10.1. The molecule has 0 radical (unpaired) electrons. The minimum absolute atomic E-state index is 0.00347. The standard InChI is InChI=1S/C14H11ClF3N3O2.C6H8N2O/c15-8-1-4-12(11(5-8)14(16,17)18)21-10-3-2-9(19-7-10)6-20-13(22)23;7-4-3-6(9)8-5-1-2-5/h1-5,7,20-21H,6H2,(H,22,23);5H,1-3H2,(H,8,9). The van der Waals surface area contributed by atoms with Gasteiger partial charge in [0.05, 0.1) is 41.4 Å². The van der Waals surface area contributed by atoms with Crippen molar-refractivity contribution in [3.8, 4) is 6.07 Å². The maximum absolute atomic E-state index is 13.0. The Balaban J connectivity index is 0.000000336. The fourth-order valence-electron chi connectivity index (χ4n) is 2.36. The molecule has 8 nitrogen and oxygen atoms in total. The Labute approximate surface area is 186 Å². The second-order valence-corrected chi connectivity index (χ2v) is 7.12. The van der Waals surface area contributed by atoms with Crippen LogP contribution in [0.1, 0.15) is 30.5 Å². The van der Waals surface area contributed by atoms with E-state index in [0.717, 1.165) is 18.9 Å². The normalized spacial score (nSPS) is 12.6. The second kappa shape index (κ2) is 11.2. The third kappa shape index (κ3) is 8.69. The third-order valence-electron chi connectivity index (χ3n) is 3.99. The average molecular weight is 470 g/mol. The molecule has 12 heteroatoms. The van der Waals surface area contributed by atoms with Gasteiger partial charge in [0.15, 0.2) is 0 Å². The van der Waals surface area contributed by atoms with Crippen LogP contribution >= 0.6 is 11.6 Å². The summed E-state index contributed by atoms with van der Waals surface area (Å²) in [5.41, 5.74) is -0.274. The molecule has 1 saturated carbocycles. The van der Waals surface area contributed by atoms with Crippen molar-refractivity contribution in [2.24, 2.45) is 0 Å². The molecule has 1 aliphatic carbocycles. The van der Waals surface area contributed by atoms with Gasteiger partial charge in [-0.3, -0.25) is 9.78 Å². The lowest BCUT2D eigenvalue weighted by molar-refractivity contribution is -0.137. The third-order valence-corrected chi connectivity index (χ3v) is 4.23. The molecule has 2 aromatic rings. The summed E-state index contributed by atoms with van der Waals surface area (Å²) in [4.78, 5) is 24.9. The monoisotopic (exact) mass is 469 g/mol. The number of hydrogen-bond acceptors (Lipinski definition) is 5. The van der Waals surface area contributed by atoms with Crippen LogP contribution in [0.25, 0.3) is 0 Å². The van der Waals surface area contributed by atoms with Gasteiger partial charge >= 0.3 is 12.3 Å². The lowest BCUT2D eigenvalue weighted by Gasteiger charge is -2.15. The molecule has 0 atom stereocenters. The maximum atomic E-state index is 13.0. The largest absolute Gasteiger partial charge is 0.465 e. The summed E-state index contributed by atoms with van der Waals surface area (Å²) in [6.07, 6.45) is -2.27. The topological polar surface area (TPSA) is 127 Å². The Kier molecular flexibility index (Phi) is 8.66. The van der Waals surface area contributed by atoms with Gasteiger partial charge in [0.2, 0.25) is 5.91 Å². The highest BCUT2D eigenvalue weighted by molar-refractivity contribution is 6.30. The first-order valence-electron chi connectivity index (χ1n) is 9.30. The van der Waals surface area contributed by atoms with Crippen LogP contribution in [0.15, 0.2) is 36.5 Å². The molecule has 32 heavy (non-hydrogen) atoms. The number of carbonyl (C=O) groups excluding carboxylic acids is 1. The summed E-state index contributed by atoms with van der Waals surface area (Å²) < 4.78 is 39.0. The van der Waals surface area contributed by atoms with Crippen LogP contribution in [0, 0.1) is 11.3 Å². The Morgan fingerprint density at radius 3 is 2.50 bits per heavy atom. The first kappa shape index (κ1) is 24.7. The summed E-state index contributed by atoms with van der Waals surface area (Å²) in [5, 5.41) is 24.0. The summed E-state index contributed by atoms with van der Waals surface area (Å²) in [6.45, 7) is 0.00432. The number of carboxylic acid groups (broad SMARTS) is 1. The molecule has 0 unspecified atom stereocenters. The van der Waals surface area contributed by atoms with E-state index in [1.54, 1.807) is 6.07 Å². The molecular formula is C20H19ClF3N5O3. The van der Waals surface area contributed by atoms with Crippen LogP contribution in [0.5, 0.6) is 0 Å². The molecule has 1 heterocycles. The summed E-state index contributed by atoms with van der Waals surface area (Å²) in [5.74, 6) is -0.139. The van der Waals surface area contributed by atoms with E-state index in [1.807, 2.05) is 0 Å². The highest BCUT2D eigenvalue weighted by Gasteiger charge is 2.33. The Morgan fingerprint density at radius 1 is 1.25 bits per heavy atom. The fourth-order valence-corrected chi connectivity index (χ4v) is 2.53. The van der Waals surface area contributed by atoms with E-state index < -0.39 is 17.8 Å². The van der Waals surface area contributed by atoms with E-state index in [1.165, 1.54) is 30.5 Å². The number of pyridine rings is 1. The number of carbonyl (C=O) groups is 2. The highest BCUT2D eigenvalue weighted by Crippen LogP contribution is 2.37. The predicted octanol–water partition coefficient (Wildman–Crippen LogP) is 4.44. The van der Waals surface area contributed by atoms with Crippen molar-refractivity contribution < 1.29 is 27.9 Å². The van der Waals surface area contributed by atoms with Crippen LogP contribution in [-0.2, 0) is 17.5 Å². The summed E-state index contributed by atoms with van der Waals surface area (Å²) in [7, 11) is 0. The zero-order valence-corrected chi connectivity index (χ0v) is 17.3. The van der Waals surface area contributed by atoms with E-state index in [2.05, 4.69) is 20.9 Å². The first-order chi connectivity index (χ1) is 15.1. The second-order valence-electron chi connectivity index (χ2n) is 6.69. The molecule has 1 aliphatic rings. The number of halogens is 4. The molecule has 0 spiro atoms. The molecule has 4 N–H and O–H groups in total. The smallest absolute Gasteiger partial charge is 0.418 e. The summed E-state index contributed by atoms with van der Waals surface area (Å²) >= 11 is 5.61. The highest BCUT2D eigenvalue weighted by atomic mass is 35.5. The summed E-state index contributed by atoms with van der Waals surface area (Å²) in [6, 6.07) is 8.58. The zero-order valence-electron chi connectivity index (χ0n) is 16.5. The SMILES string of the molecule is N#CCC(=O)NC1CC1.O=C(O)NCc1ccc(Nc2ccc(Cl)cc2C(F)(F)F)cn1. The number of aromatic nitrogens is 1. The van der Waals surface area contributed by atoms with Gasteiger partial charge in [0.25, 0.3) is 0 Å².